The first-order valence-corrected chi connectivity index (χ1v) is 9.42. The van der Waals surface area contributed by atoms with Gasteiger partial charge in [-0.15, -0.1) is 0 Å². The number of nitrogens with one attached hydrogen (secondary N) is 1. The van der Waals surface area contributed by atoms with E-state index >= 15 is 0 Å². The molecule has 1 aromatic rings. The van der Waals surface area contributed by atoms with Crippen LogP contribution in [0.15, 0.2) is 22.8 Å². The van der Waals surface area contributed by atoms with Gasteiger partial charge in [-0.25, -0.2) is 0 Å². The van der Waals surface area contributed by atoms with Crippen LogP contribution >= 0.6 is 0 Å². The molecular weight excluding hydrogens is 316 g/mol. The number of hydrogen-bond donors (Lipinski definition) is 1. The number of furan rings is 1. The van der Waals surface area contributed by atoms with Crippen molar-refractivity contribution in [3.8, 4) is 0 Å². The second kappa shape index (κ2) is 5.61. The van der Waals surface area contributed by atoms with Crippen LogP contribution in [-0.2, 0) is 16.1 Å². The van der Waals surface area contributed by atoms with Crippen LogP contribution in [-0.4, -0.2) is 29.3 Å². The number of fused-ring (bicyclic) bond motifs is 2. The normalized spacial score (nSPS) is 36.2. The summed E-state index contributed by atoms with van der Waals surface area (Å²) < 4.78 is 5.32. The third-order valence-electron chi connectivity index (χ3n) is 7.62. The molecule has 136 valence electrons. The van der Waals surface area contributed by atoms with Crippen molar-refractivity contribution in [2.75, 3.05) is 6.54 Å². The Labute approximate surface area is 149 Å². The third-order valence-corrected chi connectivity index (χ3v) is 7.62. The summed E-state index contributed by atoms with van der Waals surface area (Å²) in [5, 5.41) is 3.31. The van der Waals surface area contributed by atoms with Crippen molar-refractivity contribution in [2.45, 2.75) is 59.0 Å². The molecule has 5 heteroatoms. The van der Waals surface area contributed by atoms with Gasteiger partial charge in [-0.3, -0.25) is 9.59 Å². The van der Waals surface area contributed by atoms with E-state index in [2.05, 4.69) is 26.1 Å². The van der Waals surface area contributed by atoms with Crippen LogP contribution in [0.2, 0.25) is 0 Å². The van der Waals surface area contributed by atoms with Gasteiger partial charge in [0, 0.05) is 19.0 Å². The molecule has 4 atom stereocenters. The Hall–Kier alpha value is -1.78. The van der Waals surface area contributed by atoms with E-state index in [0.717, 1.165) is 12.2 Å². The molecule has 25 heavy (non-hydrogen) atoms. The minimum Gasteiger partial charge on any atom is -0.467 e. The molecule has 0 spiro atoms. The summed E-state index contributed by atoms with van der Waals surface area (Å²) in [7, 11) is 0. The average molecular weight is 344 g/mol. The Balaban J connectivity index is 1.39. The van der Waals surface area contributed by atoms with Gasteiger partial charge in [0.05, 0.1) is 18.7 Å². The highest BCUT2D eigenvalue weighted by Gasteiger charge is 2.61. The fraction of sp³-hybridized carbons (Fsp3) is 0.700. The number of rotatable bonds is 4. The van der Waals surface area contributed by atoms with Gasteiger partial charge in [0.25, 0.3) is 0 Å². The predicted molar refractivity (Wildman–Crippen MR) is 93.4 cm³/mol. The smallest absolute Gasteiger partial charge is 0.225 e. The average Bonchev–Trinajstić information content (AvgIpc) is 3.27. The molecule has 2 bridgehead atoms. The lowest BCUT2D eigenvalue weighted by Gasteiger charge is -2.39. The summed E-state index contributed by atoms with van der Waals surface area (Å²) in [4.78, 5) is 26.8. The highest BCUT2D eigenvalue weighted by Crippen LogP contribution is 2.65. The van der Waals surface area contributed by atoms with Crippen LogP contribution in [0.25, 0.3) is 0 Å². The van der Waals surface area contributed by atoms with Crippen molar-refractivity contribution in [3.63, 3.8) is 0 Å². The first-order chi connectivity index (χ1) is 11.8. The molecule has 5 nitrogen and oxygen atoms in total. The molecule has 4 unspecified atom stereocenters. The number of amides is 2. The van der Waals surface area contributed by atoms with E-state index in [9.17, 15) is 9.59 Å². The topological polar surface area (TPSA) is 62.6 Å². The lowest BCUT2D eigenvalue weighted by Crippen LogP contribution is -2.48. The summed E-state index contributed by atoms with van der Waals surface area (Å²) in [6, 6.07) is 3.92. The fourth-order valence-corrected chi connectivity index (χ4v) is 5.40. The summed E-state index contributed by atoms with van der Waals surface area (Å²) in [5.74, 6) is 1.30. The first kappa shape index (κ1) is 16.7. The van der Waals surface area contributed by atoms with E-state index in [1.807, 2.05) is 12.1 Å². The van der Waals surface area contributed by atoms with Crippen molar-refractivity contribution < 1.29 is 14.0 Å². The van der Waals surface area contributed by atoms with Crippen LogP contribution in [0, 0.1) is 22.7 Å². The molecule has 1 aromatic heterocycles. The summed E-state index contributed by atoms with van der Waals surface area (Å²) >= 11 is 0. The molecule has 3 fully saturated rings. The molecule has 2 aliphatic carbocycles. The van der Waals surface area contributed by atoms with Crippen molar-refractivity contribution in [3.05, 3.63) is 24.2 Å². The molecule has 2 heterocycles. The van der Waals surface area contributed by atoms with Crippen LogP contribution in [0.4, 0.5) is 0 Å². The third kappa shape index (κ3) is 2.51. The molecule has 1 saturated heterocycles. The standard InChI is InChI=1S/C20H28N2O3/c1-19(2)14-6-7-20(19,3)16(10-14)21-18(24)13-9-17(23)22(11-13)12-15-5-4-8-25-15/h4-5,8,13-14,16H,6-7,9-12H2,1-3H3,(H,21,24). The predicted octanol–water partition coefficient (Wildman–Crippen LogP) is 2.96. The number of hydrogen-bond acceptors (Lipinski definition) is 3. The minimum atomic E-state index is -0.242. The van der Waals surface area contributed by atoms with Crippen molar-refractivity contribution >= 4 is 11.8 Å². The van der Waals surface area contributed by atoms with Crippen LogP contribution in [0.1, 0.15) is 52.2 Å². The number of carbonyl (C=O) groups excluding carboxylic acids is 2. The van der Waals surface area contributed by atoms with Gasteiger partial charge in [-0.1, -0.05) is 20.8 Å². The van der Waals surface area contributed by atoms with Crippen LogP contribution in [0.5, 0.6) is 0 Å². The number of carbonyl (C=O) groups is 2. The minimum absolute atomic E-state index is 0.0380. The van der Waals surface area contributed by atoms with Crippen molar-refractivity contribution in [2.24, 2.45) is 22.7 Å². The highest BCUT2D eigenvalue weighted by molar-refractivity contribution is 5.89. The summed E-state index contributed by atoms with van der Waals surface area (Å²) in [6.07, 6.45) is 5.45. The molecule has 2 amide bonds. The Kier molecular flexibility index (Phi) is 3.74. The number of likely N-dealkylation sites (tertiary alicyclic amines) is 1. The molecule has 0 aromatic carbocycles. The van der Waals surface area contributed by atoms with Crippen LogP contribution in [0.3, 0.4) is 0 Å². The van der Waals surface area contributed by atoms with E-state index < -0.39 is 0 Å². The number of nitrogens with zero attached hydrogens (tertiary/aromatic N) is 1. The van der Waals surface area contributed by atoms with Gasteiger partial charge in [0.2, 0.25) is 11.8 Å². The fourth-order valence-electron chi connectivity index (χ4n) is 5.40. The van der Waals surface area contributed by atoms with Crippen molar-refractivity contribution in [1.82, 2.24) is 10.2 Å². The maximum atomic E-state index is 12.8. The Morgan fingerprint density at radius 1 is 1.40 bits per heavy atom. The molecule has 1 N–H and O–H groups in total. The highest BCUT2D eigenvalue weighted by atomic mass is 16.3. The zero-order valence-corrected chi connectivity index (χ0v) is 15.4. The molecule has 3 aliphatic rings. The van der Waals surface area contributed by atoms with Gasteiger partial charge in [-0.2, -0.15) is 0 Å². The monoisotopic (exact) mass is 344 g/mol. The van der Waals surface area contributed by atoms with E-state index in [1.54, 1.807) is 11.2 Å². The quantitative estimate of drug-likeness (QED) is 0.913. The van der Waals surface area contributed by atoms with Gasteiger partial charge >= 0.3 is 0 Å². The van der Waals surface area contributed by atoms with E-state index in [1.165, 1.54) is 12.8 Å². The second-order valence-corrected chi connectivity index (χ2v) is 8.93. The Morgan fingerprint density at radius 3 is 2.80 bits per heavy atom. The van der Waals surface area contributed by atoms with E-state index in [0.29, 0.717) is 25.4 Å². The Bertz CT molecular complexity index is 681. The molecule has 0 radical (unpaired) electrons. The van der Waals surface area contributed by atoms with Crippen molar-refractivity contribution in [1.29, 1.82) is 0 Å². The first-order valence-electron chi connectivity index (χ1n) is 9.42. The lowest BCUT2D eigenvalue weighted by atomic mass is 9.69. The zero-order valence-electron chi connectivity index (χ0n) is 15.4. The second-order valence-electron chi connectivity index (χ2n) is 8.93. The zero-order chi connectivity index (χ0) is 17.8. The lowest BCUT2D eigenvalue weighted by molar-refractivity contribution is -0.129. The molecule has 1 aliphatic heterocycles. The molecular formula is C20H28N2O3. The maximum absolute atomic E-state index is 12.8. The van der Waals surface area contributed by atoms with Crippen LogP contribution < -0.4 is 5.32 Å². The molecule has 4 rings (SSSR count). The maximum Gasteiger partial charge on any atom is 0.225 e. The summed E-state index contributed by atoms with van der Waals surface area (Å²) in [5.41, 5.74) is 0.450. The summed E-state index contributed by atoms with van der Waals surface area (Å²) in [6.45, 7) is 7.96. The largest absolute Gasteiger partial charge is 0.467 e. The van der Waals surface area contributed by atoms with Gasteiger partial charge in [0.15, 0.2) is 0 Å². The van der Waals surface area contributed by atoms with E-state index in [-0.39, 0.29) is 34.6 Å². The SMILES string of the molecule is CC1(C)C2CCC1(C)C(NC(=O)C1CC(=O)N(Cc3ccco3)C1)C2. The Morgan fingerprint density at radius 2 is 2.20 bits per heavy atom. The van der Waals surface area contributed by atoms with E-state index in [4.69, 9.17) is 4.42 Å². The van der Waals surface area contributed by atoms with Gasteiger partial charge in [-0.05, 0) is 48.1 Å². The molecule has 2 saturated carbocycles. The van der Waals surface area contributed by atoms with Gasteiger partial charge < -0.3 is 14.6 Å². The van der Waals surface area contributed by atoms with Gasteiger partial charge in [0.1, 0.15) is 5.76 Å².